The zero-order chi connectivity index (χ0) is 25.8. The Hall–Kier alpha value is -3.27. The Morgan fingerprint density at radius 2 is 1.75 bits per heavy atom. The van der Waals surface area contributed by atoms with Gasteiger partial charge in [0.15, 0.2) is 11.5 Å². The van der Waals surface area contributed by atoms with E-state index in [1.165, 1.54) is 12.0 Å². The molecule has 0 bridgehead atoms. The summed E-state index contributed by atoms with van der Waals surface area (Å²) in [6.45, 7) is 5.01. The first-order valence-electron chi connectivity index (χ1n) is 12.5. The molecule has 3 aliphatic rings. The molecule has 2 fully saturated rings. The van der Waals surface area contributed by atoms with Gasteiger partial charge in [-0.25, -0.2) is 9.59 Å². The topological polar surface area (TPSA) is 101 Å². The Morgan fingerprint density at radius 3 is 2.33 bits per heavy atom. The van der Waals surface area contributed by atoms with Crippen molar-refractivity contribution in [3.05, 3.63) is 35.0 Å². The maximum Gasteiger partial charge on any atom is 0.338 e. The lowest BCUT2D eigenvalue weighted by Gasteiger charge is -2.41. The van der Waals surface area contributed by atoms with Crippen molar-refractivity contribution in [3.63, 3.8) is 0 Å². The van der Waals surface area contributed by atoms with Crippen LogP contribution in [0.2, 0.25) is 0 Å². The number of nitrogens with zero attached hydrogens (tertiary/aromatic N) is 3. The minimum Gasteiger partial charge on any atom is -0.493 e. The molecule has 0 unspecified atom stereocenters. The van der Waals surface area contributed by atoms with Gasteiger partial charge < -0.3 is 24.4 Å². The van der Waals surface area contributed by atoms with E-state index in [-0.39, 0.29) is 24.5 Å². The number of piperazine rings is 1. The van der Waals surface area contributed by atoms with Crippen LogP contribution in [0.25, 0.3) is 0 Å². The van der Waals surface area contributed by atoms with Crippen molar-refractivity contribution in [3.8, 4) is 11.5 Å². The SMILES string of the molecule is CCOC(=O)C1=C(CN2CCN(C(=O)C3CCC3)CC2)N(C)C(=O)N[C@H]1c1ccc(OC)c(OC)c1. The van der Waals surface area contributed by atoms with Crippen molar-refractivity contribution in [2.24, 2.45) is 5.92 Å². The molecular weight excluding hydrogens is 464 g/mol. The molecule has 2 heterocycles. The number of likely N-dealkylation sites (N-methyl/N-ethyl adjacent to an activating group) is 1. The molecular formula is C26H36N4O6. The van der Waals surface area contributed by atoms with Crippen LogP contribution in [0, 0.1) is 5.92 Å². The van der Waals surface area contributed by atoms with Gasteiger partial charge in [0, 0.05) is 51.4 Å². The molecule has 1 saturated heterocycles. The van der Waals surface area contributed by atoms with Gasteiger partial charge in [0.05, 0.1) is 32.4 Å². The zero-order valence-electron chi connectivity index (χ0n) is 21.5. The third-order valence-corrected chi connectivity index (χ3v) is 7.32. The van der Waals surface area contributed by atoms with Crippen molar-refractivity contribution < 1.29 is 28.6 Å². The molecule has 36 heavy (non-hydrogen) atoms. The Labute approximate surface area is 212 Å². The van der Waals surface area contributed by atoms with Crippen molar-refractivity contribution in [1.29, 1.82) is 0 Å². The van der Waals surface area contributed by atoms with Crippen molar-refractivity contribution in [2.45, 2.75) is 32.2 Å². The van der Waals surface area contributed by atoms with Gasteiger partial charge >= 0.3 is 12.0 Å². The van der Waals surface area contributed by atoms with E-state index in [0.717, 1.165) is 19.3 Å². The second-order valence-electron chi connectivity index (χ2n) is 9.37. The van der Waals surface area contributed by atoms with Gasteiger partial charge in [0.2, 0.25) is 5.91 Å². The summed E-state index contributed by atoms with van der Waals surface area (Å²) in [5.74, 6) is 1.02. The fourth-order valence-electron chi connectivity index (χ4n) is 4.93. The normalized spacial score (nSPS) is 21.1. The van der Waals surface area contributed by atoms with Crippen LogP contribution in [0.15, 0.2) is 29.5 Å². The number of amides is 3. The second-order valence-corrected chi connectivity index (χ2v) is 9.37. The average Bonchev–Trinajstić information content (AvgIpc) is 2.85. The first kappa shape index (κ1) is 25.8. The molecule has 196 valence electrons. The number of rotatable bonds is 8. The Morgan fingerprint density at radius 1 is 1.06 bits per heavy atom. The molecule has 4 rings (SSSR count). The van der Waals surface area contributed by atoms with Gasteiger partial charge in [-0.1, -0.05) is 12.5 Å². The number of ether oxygens (including phenoxy) is 3. The summed E-state index contributed by atoms with van der Waals surface area (Å²) in [5, 5.41) is 2.94. The van der Waals surface area contributed by atoms with Crippen molar-refractivity contribution in [1.82, 2.24) is 20.0 Å². The van der Waals surface area contributed by atoms with E-state index in [1.54, 1.807) is 39.3 Å². The van der Waals surface area contributed by atoms with Crippen LogP contribution in [-0.4, -0.2) is 93.2 Å². The molecule has 3 amide bonds. The van der Waals surface area contributed by atoms with Crippen LogP contribution in [0.5, 0.6) is 11.5 Å². The number of esters is 1. The highest BCUT2D eigenvalue weighted by Crippen LogP contribution is 2.36. The van der Waals surface area contributed by atoms with Gasteiger partial charge in [-0.05, 0) is 37.5 Å². The van der Waals surface area contributed by atoms with Crippen LogP contribution in [0.1, 0.15) is 37.8 Å². The number of nitrogens with one attached hydrogen (secondary N) is 1. The Bertz CT molecular complexity index is 1030. The van der Waals surface area contributed by atoms with E-state index in [1.807, 2.05) is 4.90 Å². The van der Waals surface area contributed by atoms with E-state index < -0.39 is 12.0 Å². The summed E-state index contributed by atoms with van der Waals surface area (Å²) >= 11 is 0. The summed E-state index contributed by atoms with van der Waals surface area (Å²) < 4.78 is 16.2. The van der Waals surface area contributed by atoms with E-state index in [2.05, 4.69) is 10.2 Å². The second kappa shape index (κ2) is 11.2. The Balaban J connectivity index is 1.61. The molecule has 1 N–H and O–H groups in total. The van der Waals surface area contributed by atoms with E-state index in [9.17, 15) is 14.4 Å². The van der Waals surface area contributed by atoms with Crippen molar-refractivity contribution in [2.75, 3.05) is 60.6 Å². The molecule has 0 radical (unpaired) electrons. The molecule has 10 heteroatoms. The summed E-state index contributed by atoms with van der Waals surface area (Å²) in [6, 6.07) is 4.30. The fraction of sp³-hybridized carbons (Fsp3) is 0.577. The molecule has 1 aromatic rings. The number of hydrogen-bond donors (Lipinski definition) is 1. The third-order valence-electron chi connectivity index (χ3n) is 7.32. The molecule has 0 spiro atoms. The minimum atomic E-state index is -0.705. The third kappa shape index (κ3) is 5.13. The highest BCUT2D eigenvalue weighted by Gasteiger charge is 2.38. The predicted molar refractivity (Wildman–Crippen MR) is 133 cm³/mol. The number of carbonyl (C=O) groups is 3. The van der Waals surface area contributed by atoms with Crippen LogP contribution < -0.4 is 14.8 Å². The summed E-state index contributed by atoms with van der Waals surface area (Å²) in [6.07, 6.45) is 3.12. The highest BCUT2D eigenvalue weighted by molar-refractivity contribution is 5.95. The van der Waals surface area contributed by atoms with Gasteiger partial charge in [-0.2, -0.15) is 0 Å². The van der Waals surface area contributed by atoms with Crippen LogP contribution >= 0.6 is 0 Å². The predicted octanol–water partition coefficient (Wildman–Crippen LogP) is 2.16. The lowest BCUT2D eigenvalue weighted by atomic mass is 9.84. The maximum absolute atomic E-state index is 13.2. The first-order valence-corrected chi connectivity index (χ1v) is 12.5. The maximum atomic E-state index is 13.2. The molecule has 1 atom stereocenters. The molecule has 2 aliphatic heterocycles. The summed E-state index contributed by atoms with van der Waals surface area (Å²) in [5.41, 5.74) is 1.67. The highest BCUT2D eigenvalue weighted by atomic mass is 16.5. The standard InChI is InChI=1S/C26H36N4O6/c1-5-36-25(32)22-19(16-29-11-13-30(14-12-29)24(31)17-7-6-8-17)28(2)26(33)27-23(22)18-9-10-20(34-3)21(15-18)35-4/h9-10,15,17,23H,5-8,11-14,16H2,1-4H3,(H,27,33)/t23-/m0/s1. The van der Waals surface area contributed by atoms with Crippen LogP contribution in [-0.2, 0) is 14.3 Å². The van der Waals surface area contributed by atoms with Crippen LogP contribution in [0.3, 0.4) is 0 Å². The van der Waals surface area contributed by atoms with Crippen molar-refractivity contribution >= 4 is 17.9 Å². The van der Waals surface area contributed by atoms with E-state index in [0.29, 0.717) is 61.1 Å². The lowest BCUT2D eigenvalue weighted by molar-refractivity contribution is -0.140. The smallest absolute Gasteiger partial charge is 0.338 e. The average molecular weight is 501 g/mol. The van der Waals surface area contributed by atoms with Gasteiger partial charge in [0.1, 0.15) is 0 Å². The summed E-state index contributed by atoms with van der Waals surface area (Å²) in [4.78, 5) is 44.5. The number of hydrogen-bond acceptors (Lipinski definition) is 7. The largest absolute Gasteiger partial charge is 0.493 e. The Kier molecular flexibility index (Phi) is 8.03. The fourth-order valence-corrected chi connectivity index (χ4v) is 4.93. The van der Waals surface area contributed by atoms with Gasteiger partial charge in [-0.3, -0.25) is 14.6 Å². The monoisotopic (exact) mass is 500 g/mol. The molecule has 10 nitrogen and oxygen atoms in total. The zero-order valence-corrected chi connectivity index (χ0v) is 21.5. The lowest BCUT2D eigenvalue weighted by Crippen LogP contribution is -2.54. The number of methoxy groups -OCH3 is 2. The van der Waals surface area contributed by atoms with E-state index >= 15 is 0 Å². The molecule has 1 aromatic carbocycles. The van der Waals surface area contributed by atoms with E-state index in [4.69, 9.17) is 14.2 Å². The van der Waals surface area contributed by atoms with Crippen LogP contribution in [0.4, 0.5) is 4.79 Å². The molecule has 1 aliphatic carbocycles. The molecule has 1 saturated carbocycles. The van der Waals surface area contributed by atoms with Gasteiger partial charge in [0.25, 0.3) is 0 Å². The number of carbonyl (C=O) groups excluding carboxylic acids is 3. The molecule has 0 aromatic heterocycles. The quantitative estimate of drug-likeness (QED) is 0.546. The number of benzene rings is 1. The summed E-state index contributed by atoms with van der Waals surface area (Å²) in [7, 11) is 4.75. The van der Waals surface area contributed by atoms with Gasteiger partial charge in [-0.15, -0.1) is 0 Å². The number of urea groups is 1. The first-order chi connectivity index (χ1) is 17.4. The minimum absolute atomic E-state index is 0.185.